The molecule has 0 aliphatic carbocycles. The number of unbranched alkanes of at least 4 members (excludes halogenated alkanes) is 28. The van der Waals surface area contributed by atoms with Gasteiger partial charge in [-0.25, -0.2) is 4.79 Å². The van der Waals surface area contributed by atoms with Crippen LogP contribution in [-0.2, 0) is 42.8 Å². The molecule has 0 bridgehead atoms. The van der Waals surface area contributed by atoms with E-state index in [1.165, 1.54) is 135 Å². The van der Waals surface area contributed by atoms with E-state index in [9.17, 15) is 75.7 Å². The van der Waals surface area contributed by atoms with Crippen LogP contribution in [0.25, 0.3) is 0 Å². The molecule has 3 aliphatic heterocycles. The largest absolute Gasteiger partial charge is 0.477 e. The van der Waals surface area contributed by atoms with E-state index >= 15 is 0 Å². The highest BCUT2D eigenvalue weighted by Crippen LogP contribution is 2.38. The number of carbonyl (C=O) groups is 3. The first-order chi connectivity index (χ1) is 40.9. The van der Waals surface area contributed by atoms with Crippen LogP contribution in [0.2, 0.25) is 0 Å². The fourth-order valence-electron chi connectivity index (χ4n) is 11.5. The van der Waals surface area contributed by atoms with Crippen molar-refractivity contribution in [2.24, 2.45) is 0 Å². The van der Waals surface area contributed by atoms with Crippen LogP contribution in [0.15, 0.2) is 12.2 Å². The second-order valence-electron chi connectivity index (χ2n) is 24.0. The maximum Gasteiger partial charge on any atom is 0.364 e. The van der Waals surface area contributed by atoms with Gasteiger partial charge in [0.2, 0.25) is 11.8 Å². The minimum atomic E-state index is -3.08. The number of carboxylic acids is 1. The highest BCUT2D eigenvalue weighted by Gasteiger charge is 2.60. The van der Waals surface area contributed by atoms with Crippen molar-refractivity contribution in [2.45, 2.75) is 336 Å². The van der Waals surface area contributed by atoms with Gasteiger partial charge in [-0.1, -0.05) is 199 Å². The third-order valence-corrected chi connectivity index (χ3v) is 16.7. The number of carbonyl (C=O) groups excluding carboxylic acids is 2. The van der Waals surface area contributed by atoms with Gasteiger partial charge >= 0.3 is 5.97 Å². The summed E-state index contributed by atoms with van der Waals surface area (Å²) >= 11 is 0. The second-order valence-corrected chi connectivity index (χ2v) is 24.0. The normalized spacial score (nSPS) is 29.6. The number of hydrogen-bond donors (Lipinski definition) is 14. The molecule has 3 saturated heterocycles. The molecule has 18 atom stereocenters. The van der Waals surface area contributed by atoms with Crippen molar-refractivity contribution >= 4 is 17.8 Å². The Kier molecular flexibility index (Phi) is 39.7. The molecule has 23 nitrogen and oxygen atoms in total. The van der Waals surface area contributed by atoms with Gasteiger partial charge in [-0.3, -0.25) is 9.59 Å². The lowest BCUT2D eigenvalue weighted by atomic mass is 9.88. The third kappa shape index (κ3) is 27.6. The average Bonchev–Trinajstić information content (AvgIpc) is 2.80. The Morgan fingerprint density at radius 2 is 1.09 bits per heavy atom. The first kappa shape index (κ1) is 76.7. The van der Waals surface area contributed by atoms with Crippen molar-refractivity contribution in [3.8, 4) is 0 Å². The first-order valence-corrected chi connectivity index (χ1v) is 32.6. The number of nitrogens with one attached hydrogen (secondary N) is 2. The molecule has 2 amide bonds. The van der Waals surface area contributed by atoms with Gasteiger partial charge < -0.3 is 100 Å². The van der Waals surface area contributed by atoms with Gasteiger partial charge in [-0.2, -0.15) is 0 Å². The molecular weight excluding hydrogens is 1110 g/mol. The SMILES string of the molecule is CCCCCCCCCCC/C=C/C(O)C(COC1OC(CO)C(OC2OC(CO)C(O)C(OC3(C(=O)O)CC(O)C(NC(C)=O)C(C(O)C(O)CO)O3)C2O)C(O)C1O)NC(=O)CCCCCCCCCCCCCCCCCCCCCC. The van der Waals surface area contributed by atoms with Crippen molar-refractivity contribution in [3.63, 3.8) is 0 Å². The monoisotopic (exact) mass is 1220 g/mol. The molecule has 0 saturated carbocycles. The summed E-state index contributed by atoms with van der Waals surface area (Å²) in [6.45, 7) is 2.11. The zero-order valence-electron chi connectivity index (χ0n) is 51.5. The molecule has 0 aromatic heterocycles. The Bertz CT molecular complexity index is 1790. The zero-order chi connectivity index (χ0) is 62.6. The fourth-order valence-corrected chi connectivity index (χ4v) is 11.5. The summed E-state index contributed by atoms with van der Waals surface area (Å²) in [6, 6.07) is -2.61. The Labute approximate surface area is 505 Å². The smallest absolute Gasteiger partial charge is 0.364 e. The molecule has 0 spiro atoms. The minimum absolute atomic E-state index is 0.204. The maximum absolute atomic E-state index is 13.4. The van der Waals surface area contributed by atoms with Crippen molar-refractivity contribution in [2.75, 3.05) is 26.4 Å². The molecule has 3 aliphatic rings. The van der Waals surface area contributed by atoms with Crippen LogP contribution in [0.5, 0.6) is 0 Å². The summed E-state index contributed by atoms with van der Waals surface area (Å²) in [6.07, 6.45) is 9.94. The minimum Gasteiger partial charge on any atom is -0.477 e. The highest BCUT2D eigenvalue weighted by atomic mass is 16.8. The number of ether oxygens (including phenoxy) is 6. The lowest BCUT2D eigenvalue weighted by molar-refractivity contribution is -0.386. The Morgan fingerprint density at radius 3 is 1.56 bits per heavy atom. The van der Waals surface area contributed by atoms with Gasteiger partial charge in [0.25, 0.3) is 5.79 Å². The molecule has 18 unspecified atom stereocenters. The molecule has 14 N–H and O–H groups in total. The van der Waals surface area contributed by atoms with Crippen LogP contribution in [0.3, 0.4) is 0 Å². The number of aliphatic carboxylic acids is 1. The molecule has 85 heavy (non-hydrogen) atoms. The lowest BCUT2D eigenvalue weighted by Crippen LogP contribution is -2.70. The van der Waals surface area contributed by atoms with Gasteiger partial charge in [0, 0.05) is 19.8 Å². The molecular formula is C62H114N2O21. The predicted octanol–water partition coefficient (Wildman–Crippen LogP) is 4.34. The van der Waals surface area contributed by atoms with Crippen LogP contribution in [-0.4, -0.2) is 215 Å². The van der Waals surface area contributed by atoms with E-state index in [0.717, 1.165) is 51.9 Å². The molecule has 498 valence electrons. The lowest BCUT2D eigenvalue weighted by Gasteiger charge is -2.50. The molecule has 0 aromatic rings. The standard InChI is InChI=1S/C62H114N2O21/c1-4-6-8-10-12-14-16-17-18-19-20-21-22-23-24-26-28-30-32-34-36-49(72)64-43(44(69)35-33-31-29-27-25-15-13-11-9-7-5-2)41-80-59-54(76)53(75)56(48(40-67)82-59)83-60-55(77)58(52(74)47(39-66)81-60)85-62(61(78)79)37-45(70)50(63-42(3)68)57(84-62)51(73)46(71)38-65/h33,35,43-48,50-60,65-67,69-71,73-77H,4-32,34,36-41H2,1-3H3,(H,63,68)(H,64,72)(H,78,79)/b35-33+. The molecule has 3 rings (SSSR count). The summed E-state index contributed by atoms with van der Waals surface area (Å²) in [5.41, 5.74) is 0. The number of rotatable bonds is 48. The number of allylic oxidation sites excluding steroid dienone is 1. The van der Waals surface area contributed by atoms with Gasteiger partial charge in [0.05, 0.1) is 50.7 Å². The summed E-state index contributed by atoms with van der Waals surface area (Å²) in [5, 5.41) is 136. The van der Waals surface area contributed by atoms with E-state index < -0.39 is 155 Å². The number of aliphatic hydroxyl groups excluding tert-OH is 11. The quantitative estimate of drug-likeness (QED) is 0.0298. The number of hydrogen-bond acceptors (Lipinski definition) is 20. The van der Waals surface area contributed by atoms with E-state index in [1.807, 2.05) is 6.08 Å². The Morgan fingerprint density at radius 1 is 0.612 bits per heavy atom. The second kappa shape index (κ2) is 44.0. The van der Waals surface area contributed by atoms with E-state index in [0.29, 0.717) is 12.8 Å². The van der Waals surface area contributed by atoms with Gasteiger partial charge in [-0.05, 0) is 19.3 Å². The van der Waals surface area contributed by atoms with E-state index in [-0.39, 0.29) is 12.3 Å². The molecule has 3 fully saturated rings. The van der Waals surface area contributed by atoms with Gasteiger partial charge in [0.15, 0.2) is 12.6 Å². The van der Waals surface area contributed by atoms with Crippen molar-refractivity contribution in [1.82, 2.24) is 10.6 Å². The van der Waals surface area contributed by atoms with E-state index in [4.69, 9.17) is 28.4 Å². The van der Waals surface area contributed by atoms with Crippen LogP contribution in [0.4, 0.5) is 0 Å². The van der Waals surface area contributed by atoms with Crippen LogP contribution >= 0.6 is 0 Å². The Hall–Kier alpha value is -2.53. The zero-order valence-corrected chi connectivity index (χ0v) is 51.5. The Balaban J connectivity index is 1.61. The average molecular weight is 1220 g/mol. The van der Waals surface area contributed by atoms with E-state index in [2.05, 4.69) is 24.5 Å². The highest BCUT2D eigenvalue weighted by molar-refractivity contribution is 5.77. The molecule has 0 aromatic carbocycles. The summed E-state index contributed by atoms with van der Waals surface area (Å²) in [5.74, 6) is -6.14. The number of carboxylic acid groups (broad SMARTS) is 1. The summed E-state index contributed by atoms with van der Waals surface area (Å²) in [4.78, 5) is 38.4. The van der Waals surface area contributed by atoms with E-state index in [1.54, 1.807) is 6.08 Å². The van der Waals surface area contributed by atoms with Crippen LogP contribution < -0.4 is 10.6 Å². The van der Waals surface area contributed by atoms with Crippen LogP contribution in [0, 0.1) is 0 Å². The predicted molar refractivity (Wildman–Crippen MR) is 315 cm³/mol. The fraction of sp³-hybridized carbons (Fsp3) is 0.919. The molecule has 0 radical (unpaired) electrons. The summed E-state index contributed by atoms with van der Waals surface area (Å²) < 4.78 is 34.7. The molecule has 3 heterocycles. The van der Waals surface area contributed by atoms with Crippen molar-refractivity contribution in [1.29, 1.82) is 0 Å². The van der Waals surface area contributed by atoms with Gasteiger partial charge in [0.1, 0.15) is 67.1 Å². The number of aliphatic hydroxyl groups is 11. The summed E-state index contributed by atoms with van der Waals surface area (Å²) in [7, 11) is 0. The maximum atomic E-state index is 13.4. The molecule has 23 heteroatoms. The van der Waals surface area contributed by atoms with Crippen LogP contribution in [0.1, 0.15) is 226 Å². The topological polar surface area (TPSA) is 373 Å². The van der Waals surface area contributed by atoms with Gasteiger partial charge in [-0.15, -0.1) is 0 Å². The first-order valence-electron chi connectivity index (χ1n) is 32.6. The third-order valence-electron chi connectivity index (χ3n) is 16.7. The van der Waals surface area contributed by atoms with Crippen molar-refractivity contribution in [3.05, 3.63) is 12.2 Å². The van der Waals surface area contributed by atoms with Crippen molar-refractivity contribution < 1.29 is 104 Å². The number of amides is 2.